The van der Waals surface area contributed by atoms with Crippen LogP contribution in [0.25, 0.3) is 0 Å². The van der Waals surface area contributed by atoms with E-state index >= 15 is 0 Å². The van der Waals surface area contributed by atoms with Gasteiger partial charge in [0.05, 0.1) is 0 Å². The summed E-state index contributed by atoms with van der Waals surface area (Å²) in [7, 11) is 1.94. The van der Waals surface area contributed by atoms with Gasteiger partial charge < -0.3 is 14.8 Å². The van der Waals surface area contributed by atoms with E-state index in [1.807, 2.05) is 44.3 Å². The molecule has 2 aromatic rings. The highest BCUT2D eigenvalue weighted by Crippen LogP contribution is 2.22. The quantitative estimate of drug-likeness (QED) is 0.768. The van der Waals surface area contributed by atoms with Crippen molar-refractivity contribution < 1.29 is 9.47 Å². The maximum absolute atomic E-state index is 5.72. The van der Waals surface area contributed by atoms with Gasteiger partial charge in [0.1, 0.15) is 24.7 Å². The van der Waals surface area contributed by atoms with Crippen molar-refractivity contribution in [1.82, 2.24) is 5.32 Å². The summed E-state index contributed by atoms with van der Waals surface area (Å²) in [6.07, 6.45) is 0. The summed E-state index contributed by atoms with van der Waals surface area (Å²) in [6, 6.07) is 14.1. The van der Waals surface area contributed by atoms with Crippen molar-refractivity contribution >= 4 is 15.9 Å². The Labute approximate surface area is 134 Å². The zero-order chi connectivity index (χ0) is 15.1. The maximum Gasteiger partial charge on any atom is 0.122 e. The van der Waals surface area contributed by atoms with Gasteiger partial charge in [0.15, 0.2) is 0 Å². The fourth-order valence-corrected chi connectivity index (χ4v) is 2.47. The third-order valence-corrected chi connectivity index (χ3v) is 3.54. The lowest BCUT2D eigenvalue weighted by Gasteiger charge is -2.11. The Bertz CT molecular complexity index is 570. The van der Waals surface area contributed by atoms with Crippen LogP contribution in [0.3, 0.4) is 0 Å². The predicted octanol–water partition coefficient (Wildman–Crippen LogP) is 3.93. The van der Waals surface area contributed by atoms with Crippen molar-refractivity contribution in [1.29, 1.82) is 0 Å². The van der Waals surface area contributed by atoms with Crippen molar-refractivity contribution in [2.24, 2.45) is 0 Å². The summed E-state index contributed by atoms with van der Waals surface area (Å²) >= 11 is 3.44. The van der Waals surface area contributed by atoms with Gasteiger partial charge in [-0.05, 0) is 55.4 Å². The fourth-order valence-electron chi connectivity index (χ4n) is 1.99. The smallest absolute Gasteiger partial charge is 0.122 e. The molecule has 0 aliphatic carbocycles. The lowest BCUT2D eigenvalue weighted by atomic mass is 10.2. The van der Waals surface area contributed by atoms with Gasteiger partial charge in [-0.25, -0.2) is 0 Å². The Kier molecular flexibility index (Phi) is 6.08. The number of hydrogen-bond donors (Lipinski definition) is 1. The van der Waals surface area contributed by atoms with Crippen molar-refractivity contribution in [3.8, 4) is 11.5 Å². The van der Waals surface area contributed by atoms with Gasteiger partial charge in [-0.3, -0.25) is 0 Å². The summed E-state index contributed by atoms with van der Waals surface area (Å²) < 4.78 is 12.5. The van der Waals surface area contributed by atoms with Gasteiger partial charge in [0, 0.05) is 11.0 Å². The van der Waals surface area contributed by atoms with Crippen LogP contribution in [-0.2, 0) is 6.54 Å². The molecule has 0 atom stereocenters. The lowest BCUT2D eigenvalue weighted by molar-refractivity contribution is 0.216. The first-order valence-corrected chi connectivity index (χ1v) is 7.73. The first-order valence-electron chi connectivity index (χ1n) is 6.94. The predicted molar refractivity (Wildman–Crippen MR) is 89.1 cm³/mol. The van der Waals surface area contributed by atoms with E-state index < -0.39 is 0 Å². The molecule has 0 aromatic heterocycles. The van der Waals surface area contributed by atoms with Crippen LogP contribution >= 0.6 is 15.9 Å². The SMILES string of the molecule is CNCc1ccc(OCCOc2ccc(Br)cc2C)cc1. The lowest BCUT2D eigenvalue weighted by Crippen LogP contribution is -2.10. The van der Waals surface area contributed by atoms with E-state index in [-0.39, 0.29) is 0 Å². The van der Waals surface area contributed by atoms with Crippen molar-refractivity contribution in [2.75, 3.05) is 20.3 Å². The van der Waals surface area contributed by atoms with E-state index in [9.17, 15) is 0 Å². The highest BCUT2D eigenvalue weighted by Gasteiger charge is 2.00. The minimum Gasteiger partial charge on any atom is -0.490 e. The molecular formula is C17H20BrNO2. The van der Waals surface area contributed by atoms with Crippen LogP contribution < -0.4 is 14.8 Å². The zero-order valence-corrected chi connectivity index (χ0v) is 13.9. The summed E-state index contributed by atoms with van der Waals surface area (Å²) in [4.78, 5) is 0. The molecule has 2 aromatic carbocycles. The highest BCUT2D eigenvalue weighted by molar-refractivity contribution is 9.10. The van der Waals surface area contributed by atoms with Crippen LogP contribution in [0.2, 0.25) is 0 Å². The van der Waals surface area contributed by atoms with Crippen molar-refractivity contribution in [3.05, 3.63) is 58.1 Å². The Morgan fingerprint density at radius 1 is 1.00 bits per heavy atom. The molecule has 21 heavy (non-hydrogen) atoms. The largest absolute Gasteiger partial charge is 0.490 e. The van der Waals surface area contributed by atoms with Crippen molar-refractivity contribution in [2.45, 2.75) is 13.5 Å². The van der Waals surface area contributed by atoms with E-state index in [4.69, 9.17) is 9.47 Å². The van der Waals surface area contributed by atoms with E-state index in [1.54, 1.807) is 0 Å². The minimum atomic E-state index is 0.529. The van der Waals surface area contributed by atoms with E-state index in [0.29, 0.717) is 13.2 Å². The Balaban J connectivity index is 1.76. The molecule has 3 nitrogen and oxygen atoms in total. The van der Waals surface area contributed by atoms with Crippen LogP contribution in [0, 0.1) is 6.92 Å². The third kappa shape index (κ3) is 5.06. The molecular weight excluding hydrogens is 330 g/mol. The van der Waals surface area contributed by atoms with Gasteiger partial charge in [-0.1, -0.05) is 28.1 Å². The molecule has 112 valence electrons. The molecule has 0 amide bonds. The number of rotatable bonds is 7. The average Bonchev–Trinajstić information content (AvgIpc) is 2.47. The van der Waals surface area contributed by atoms with Gasteiger partial charge in [0.25, 0.3) is 0 Å². The van der Waals surface area contributed by atoms with Gasteiger partial charge >= 0.3 is 0 Å². The molecule has 0 saturated carbocycles. The van der Waals surface area contributed by atoms with Crippen molar-refractivity contribution in [3.63, 3.8) is 0 Å². The highest BCUT2D eigenvalue weighted by atomic mass is 79.9. The number of benzene rings is 2. The first-order chi connectivity index (χ1) is 10.2. The standard InChI is InChI=1S/C17H20BrNO2/c1-13-11-15(18)5-8-17(13)21-10-9-20-16-6-3-14(4-7-16)12-19-2/h3-8,11,19H,9-10,12H2,1-2H3. The van der Waals surface area contributed by atoms with Gasteiger partial charge in [0.2, 0.25) is 0 Å². The number of aryl methyl sites for hydroxylation is 1. The fraction of sp³-hybridized carbons (Fsp3) is 0.294. The normalized spacial score (nSPS) is 10.4. The molecule has 0 bridgehead atoms. The molecule has 0 heterocycles. The molecule has 0 saturated heterocycles. The number of hydrogen-bond acceptors (Lipinski definition) is 3. The zero-order valence-electron chi connectivity index (χ0n) is 12.4. The average molecular weight is 350 g/mol. The monoisotopic (exact) mass is 349 g/mol. The van der Waals surface area contributed by atoms with Crippen LogP contribution in [-0.4, -0.2) is 20.3 Å². The first kappa shape index (κ1) is 15.9. The summed E-state index contributed by atoms with van der Waals surface area (Å²) in [5, 5.41) is 3.12. The second-order valence-corrected chi connectivity index (χ2v) is 5.70. The molecule has 0 fully saturated rings. The second kappa shape index (κ2) is 8.05. The van der Waals surface area contributed by atoms with E-state index in [1.165, 1.54) is 5.56 Å². The summed E-state index contributed by atoms with van der Waals surface area (Å²) in [5.41, 5.74) is 2.35. The molecule has 2 rings (SSSR count). The molecule has 4 heteroatoms. The minimum absolute atomic E-state index is 0.529. The molecule has 0 aliphatic heterocycles. The Hall–Kier alpha value is -1.52. The molecule has 0 radical (unpaired) electrons. The maximum atomic E-state index is 5.72. The van der Waals surface area contributed by atoms with Gasteiger partial charge in [-0.2, -0.15) is 0 Å². The van der Waals surface area contributed by atoms with Crippen LogP contribution in [0.15, 0.2) is 46.9 Å². The number of ether oxygens (including phenoxy) is 2. The van der Waals surface area contributed by atoms with Crippen LogP contribution in [0.5, 0.6) is 11.5 Å². The number of nitrogens with one attached hydrogen (secondary N) is 1. The van der Waals surface area contributed by atoms with Crippen LogP contribution in [0.1, 0.15) is 11.1 Å². The molecule has 0 aliphatic rings. The summed E-state index contributed by atoms with van der Waals surface area (Å²) in [5.74, 6) is 1.76. The topological polar surface area (TPSA) is 30.5 Å². The van der Waals surface area contributed by atoms with Crippen LogP contribution in [0.4, 0.5) is 0 Å². The Morgan fingerprint density at radius 3 is 2.38 bits per heavy atom. The summed E-state index contributed by atoms with van der Waals surface area (Å²) in [6.45, 7) is 3.95. The molecule has 0 spiro atoms. The van der Waals surface area contributed by atoms with Gasteiger partial charge in [-0.15, -0.1) is 0 Å². The Morgan fingerprint density at radius 2 is 1.71 bits per heavy atom. The van der Waals surface area contributed by atoms with E-state index in [0.717, 1.165) is 28.1 Å². The molecule has 0 unspecified atom stereocenters. The van der Waals surface area contributed by atoms with E-state index in [2.05, 4.69) is 33.4 Å². The second-order valence-electron chi connectivity index (χ2n) is 4.78. The number of halogens is 1. The molecule has 1 N–H and O–H groups in total. The third-order valence-electron chi connectivity index (χ3n) is 3.05.